The van der Waals surface area contributed by atoms with Crippen molar-refractivity contribution in [3.8, 4) is 5.75 Å². The number of rotatable bonds is 2. The molecule has 1 saturated heterocycles. The molecule has 1 aromatic rings. The Labute approximate surface area is 92.6 Å². The van der Waals surface area contributed by atoms with Gasteiger partial charge in [-0.25, -0.2) is 4.79 Å². The molecule has 1 amide bonds. The summed E-state index contributed by atoms with van der Waals surface area (Å²) in [4.78, 5) is 11.3. The van der Waals surface area contributed by atoms with Gasteiger partial charge in [-0.05, 0) is 18.2 Å². The van der Waals surface area contributed by atoms with Crippen molar-refractivity contribution in [2.45, 2.75) is 6.04 Å². The maximum Gasteiger partial charge on any atom is 0.412 e. The number of carbonyl (C=O) groups excluding carboxylic acids is 1. The Kier molecular flexibility index (Phi) is 3.08. The van der Waals surface area contributed by atoms with E-state index in [1.807, 2.05) is 0 Å². The fourth-order valence-corrected chi connectivity index (χ4v) is 1.40. The maximum absolute atomic E-state index is 11.3. The van der Waals surface area contributed by atoms with E-state index in [4.69, 9.17) is 16.3 Å². The standard InChI is InChI=1S/C10H11ClN2O2/c11-7-2-1-3-9(4-7)15-10(14)13-8-5-12-6-8/h1-4,8,12H,5-6H2,(H,13,14). The number of benzene rings is 1. The Morgan fingerprint density at radius 2 is 2.33 bits per heavy atom. The molecule has 0 unspecified atom stereocenters. The van der Waals surface area contributed by atoms with Gasteiger partial charge in [0.25, 0.3) is 0 Å². The van der Waals surface area contributed by atoms with Crippen LogP contribution in [0, 0.1) is 0 Å². The Hall–Kier alpha value is -1.26. The normalized spacial score (nSPS) is 15.5. The van der Waals surface area contributed by atoms with E-state index < -0.39 is 6.09 Å². The molecule has 0 saturated carbocycles. The van der Waals surface area contributed by atoms with E-state index in [1.54, 1.807) is 24.3 Å². The lowest BCUT2D eigenvalue weighted by Crippen LogP contribution is -2.57. The van der Waals surface area contributed by atoms with Gasteiger partial charge < -0.3 is 15.4 Å². The van der Waals surface area contributed by atoms with Crippen LogP contribution in [0.2, 0.25) is 5.02 Å². The second-order valence-electron chi connectivity index (χ2n) is 3.35. The van der Waals surface area contributed by atoms with E-state index in [1.165, 1.54) is 0 Å². The van der Waals surface area contributed by atoms with Gasteiger partial charge in [-0.2, -0.15) is 0 Å². The van der Waals surface area contributed by atoms with Crippen LogP contribution in [0.4, 0.5) is 4.79 Å². The molecule has 0 aromatic heterocycles. The highest BCUT2D eigenvalue weighted by atomic mass is 35.5. The fourth-order valence-electron chi connectivity index (χ4n) is 1.22. The summed E-state index contributed by atoms with van der Waals surface area (Å²) in [6, 6.07) is 6.92. The lowest BCUT2D eigenvalue weighted by atomic mass is 10.2. The zero-order chi connectivity index (χ0) is 10.7. The number of carbonyl (C=O) groups is 1. The van der Waals surface area contributed by atoms with Crippen LogP contribution in [0.5, 0.6) is 5.75 Å². The molecular formula is C10H11ClN2O2. The maximum atomic E-state index is 11.3. The van der Waals surface area contributed by atoms with Crippen molar-refractivity contribution in [1.82, 2.24) is 10.6 Å². The highest BCUT2D eigenvalue weighted by Crippen LogP contribution is 2.17. The van der Waals surface area contributed by atoms with Crippen molar-refractivity contribution >= 4 is 17.7 Å². The van der Waals surface area contributed by atoms with Gasteiger partial charge in [0.05, 0.1) is 6.04 Å². The first-order chi connectivity index (χ1) is 7.24. The number of hydrogen-bond acceptors (Lipinski definition) is 3. The molecule has 0 spiro atoms. The van der Waals surface area contributed by atoms with E-state index >= 15 is 0 Å². The summed E-state index contributed by atoms with van der Waals surface area (Å²) in [6.45, 7) is 1.59. The lowest BCUT2D eigenvalue weighted by molar-refractivity contribution is 0.190. The number of ether oxygens (including phenoxy) is 1. The van der Waals surface area contributed by atoms with E-state index in [-0.39, 0.29) is 6.04 Å². The number of amides is 1. The van der Waals surface area contributed by atoms with Crippen LogP contribution in [0.15, 0.2) is 24.3 Å². The van der Waals surface area contributed by atoms with Crippen molar-refractivity contribution < 1.29 is 9.53 Å². The zero-order valence-corrected chi connectivity index (χ0v) is 8.75. The quantitative estimate of drug-likeness (QED) is 0.802. The average molecular weight is 227 g/mol. The van der Waals surface area contributed by atoms with E-state index in [0.29, 0.717) is 10.8 Å². The first-order valence-electron chi connectivity index (χ1n) is 4.69. The number of hydrogen-bond donors (Lipinski definition) is 2. The molecule has 1 aliphatic heterocycles. The zero-order valence-electron chi connectivity index (χ0n) is 8.00. The summed E-state index contributed by atoms with van der Waals surface area (Å²) in [5, 5.41) is 6.31. The predicted molar refractivity (Wildman–Crippen MR) is 57.3 cm³/mol. The summed E-state index contributed by atoms with van der Waals surface area (Å²) >= 11 is 5.75. The summed E-state index contributed by atoms with van der Waals surface area (Å²) < 4.78 is 5.04. The van der Waals surface area contributed by atoms with Gasteiger partial charge in [0.2, 0.25) is 0 Å². The van der Waals surface area contributed by atoms with Gasteiger partial charge in [0.1, 0.15) is 5.75 Å². The van der Waals surface area contributed by atoms with E-state index in [2.05, 4.69) is 10.6 Å². The summed E-state index contributed by atoms with van der Waals surface area (Å²) in [7, 11) is 0. The molecule has 1 aliphatic rings. The van der Waals surface area contributed by atoms with E-state index in [9.17, 15) is 4.79 Å². The van der Waals surface area contributed by atoms with Crippen LogP contribution in [0.1, 0.15) is 0 Å². The van der Waals surface area contributed by atoms with Crippen molar-refractivity contribution in [3.63, 3.8) is 0 Å². The molecule has 1 fully saturated rings. The van der Waals surface area contributed by atoms with Crippen molar-refractivity contribution in [1.29, 1.82) is 0 Å². The van der Waals surface area contributed by atoms with Gasteiger partial charge in [-0.3, -0.25) is 0 Å². The second kappa shape index (κ2) is 4.51. The van der Waals surface area contributed by atoms with Crippen LogP contribution < -0.4 is 15.4 Å². The lowest BCUT2D eigenvalue weighted by Gasteiger charge is -2.27. The predicted octanol–water partition coefficient (Wildman–Crippen LogP) is 1.40. The summed E-state index contributed by atoms with van der Waals surface area (Å²) in [5.74, 6) is 0.451. The minimum Gasteiger partial charge on any atom is -0.410 e. The molecule has 4 nitrogen and oxygen atoms in total. The number of halogens is 1. The first kappa shape index (κ1) is 10.3. The van der Waals surface area contributed by atoms with Gasteiger partial charge >= 0.3 is 6.09 Å². The summed E-state index contributed by atoms with van der Waals surface area (Å²) in [5.41, 5.74) is 0. The van der Waals surface area contributed by atoms with Gasteiger partial charge in [0, 0.05) is 18.1 Å². The SMILES string of the molecule is O=C(NC1CNC1)Oc1cccc(Cl)c1. The second-order valence-corrected chi connectivity index (χ2v) is 3.78. The summed E-state index contributed by atoms with van der Waals surface area (Å²) in [6.07, 6.45) is -0.441. The molecular weight excluding hydrogens is 216 g/mol. The van der Waals surface area contributed by atoms with Crippen LogP contribution in [-0.2, 0) is 0 Å². The molecule has 0 atom stereocenters. The molecule has 15 heavy (non-hydrogen) atoms. The third-order valence-corrected chi connectivity index (χ3v) is 2.35. The molecule has 1 heterocycles. The van der Waals surface area contributed by atoms with Crippen LogP contribution in [0.3, 0.4) is 0 Å². The highest BCUT2D eigenvalue weighted by Gasteiger charge is 2.19. The Balaban J connectivity index is 1.87. The van der Waals surface area contributed by atoms with Gasteiger partial charge in [0.15, 0.2) is 0 Å². The number of nitrogens with one attached hydrogen (secondary N) is 2. The van der Waals surface area contributed by atoms with Gasteiger partial charge in [-0.1, -0.05) is 17.7 Å². The van der Waals surface area contributed by atoms with Crippen molar-refractivity contribution in [3.05, 3.63) is 29.3 Å². The molecule has 5 heteroatoms. The van der Waals surface area contributed by atoms with Crippen molar-refractivity contribution in [2.75, 3.05) is 13.1 Å². The minimum absolute atomic E-state index is 0.177. The van der Waals surface area contributed by atoms with E-state index in [0.717, 1.165) is 13.1 Å². The fraction of sp³-hybridized carbons (Fsp3) is 0.300. The first-order valence-corrected chi connectivity index (χ1v) is 5.06. The Morgan fingerprint density at radius 1 is 1.53 bits per heavy atom. The van der Waals surface area contributed by atoms with Crippen LogP contribution in [0.25, 0.3) is 0 Å². The third-order valence-electron chi connectivity index (χ3n) is 2.11. The minimum atomic E-state index is -0.441. The topological polar surface area (TPSA) is 50.4 Å². The molecule has 2 N–H and O–H groups in total. The molecule has 0 bridgehead atoms. The van der Waals surface area contributed by atoms with Crippen molar-refractivity contribution in [2.24, 2.45) is 0 Å². The molecule has 0 radical (unpaired) electrons. The highest BCUT2D eigenvalue weighted by molar-refractivity contribution is 6.30. The molecule has 1 aromatic carbocycles. The smallest absolute Gasteiger partial charge is 0.410 e. The van der Waals surface area contributed by atoms with Crippen LogP contribution >= 0.6 is 11.6 Å². The third kappa shape index (κ3) is 2.84. The largest absolute Gasteiger partial charge is 0.412 e. The van der Waals surface area contributed by atoms with Crippen LogP contribution in [-0.4, -0.2) is 25.2 Å². The molecule has 80 valence electrons. The molecule has 2 rings (SSSR count). The Bertz CT molecular complexity index is 366. The Morgan fingerprint density at radius 3 is 2.93 bits per heavy atom. The average Bonchev–Trinajstić information content (AvgIpc) is 2.11. The monoisotopic (exact) mass is 226 g/mol. The van der Waals surface area contributed by atoms with Gasteiger partial charge in [-0.15, -0.1) is 0 Å². The molecule has 0 aliphatic carbocycles.